The standard InChI is InChI=1S/C15H19F4N3O2S/c1-20-14(21-7-10-4-5-25(23,24)9-10)22-8-11-2-3-12(16)6-13(11)15(17,18)19/h2-3,6,10H,4-5,7-9H2,1H3,(H2,20,21,22). The molecule has 0 bridgehead atoms. The van der Waals surface area contributed by atoms with Gasteiger partial charge < -0.3 is 10.6 Å². The number of hydrogen-bond acceptors (Lipinski definition) is 3. The summed E-state index contributed by atoms with van der Waals surface area (Å²) in [6, 6.07) is 2.49. The SMILES string of the molecule is CN=C(NCc1ccc(F)cc1C(F)(F)F)NCC1CCS(=O)(=O)C1. The monoisotopic (exact) mass is 381 g/mol. The average Bonchev–Trinajstić information content (AvgIpc) is 2.87. The van der Waals surface area contributed by atoms with Crippen molar-refractivity contribution in [1.29, 1.82) is 0 Å². The van der Waals surface area contributed by atoms with Crippen molar-refractivity contribution in [2.45, 2.75) is 19.1 Å². The zero-order chi connectivity index (χ0) is 18.7. The molecule has 2 N–H and O–H groups in total. The predicted molar refractivity (Wildman–Crippen MR) is 86.4 cm³/mol. The van der Waals surface area contributed by atoms with Gasteiger partial charge in [0.25, 0.3) is 0 Å². The van der Waals surface area contributed by atoms with E-state index in [1.165, 1.54) is 7.05 Å². The van der Waals surface area contributed by atoms with Crippen molar-refractivity contribution in [3.63, 3.8) is 0 Å². The second kappa shape index (κ2) is 7.59. The zero-order valence-corrected chi connectivity index (χ0v) is 14.3. The van der Waals surface area contributed by atoms with Gasteiger partial charge in [-0.25, -0.2) is 12.8 Å². The summed E-state index contributed by atoms with van der Waals surface area (Å²) in [7, 11) is -1.54. The molecule has 140 valence electrons. The fourth-order valence-electron chi connectivity index (χ4n) is 2.64. The number of guanidine groups is 1. The Balaban J connectivity index is 1.95. The number of nitrogens with zero attached hydrogens (tertiary/aromatic N) is 1. The number of hydrogen-bond donors (Lipinski definition) is 2. The van der Waals surface area contributed by atoms with Gasteiger partial charge in [-0.1, -0.05) is 6.07 Å². The summed E-state index contributed by atoms with van der Waals surface area (Å²) in [5, 5.41) is 5.64. The lowest BCUT2D eigenvalue weighted by atomic mass is 10.1. The van der Waals surface area contributed by atoms with Gasteiger partial charge >= 0.3 is 6.18 Å². The van der Waals surface area contributed by atoms with E-state index in [2.05, 4.69) is 15.6 Å². The first-order valence-corrected chi connectivity index (χ1v) is 9.43. The van der Waals surface area contributed by atoms with Crippen LogP contribution >= 0.6 is 0 Å². The van der Waals surface area contributed by atoms with Crippen LogP contribution in [0.4, 0.5) is 17.6 Å². The highest BCUT2D eigenvalue weighted by molar-refractivity contribution is 7.91. The van der Waals surface area contributed by atoms with Gasteiger partial charge in [0, 0.05) is 20.1 Å². The number of aliphatic imine (C=N–C) groups is 1. The van der Waals surface area contributed by atoms with E-state index in [1.807, 2.05) is 0 Å². The maximum absolute atomic E-state index is 13.1. The first-order valence-electron chi connectivity index (χ1n) is 7.61. The van der Waals surface area contributed by atoms with E-state index < -0.39 is 27.4 Å². The highest BCUT2D eigenvalue weighted by Crippen LogP contribution is 2.32. The van der Waals surface area contributed by atoms with Gasteiger partial charge in [-0.2, -0.15) is 13.2 Å². The minimum absolute atomic E-state index is 0.0555. The molecule has 10 heteroatoms. The molecule has 5 nitrogen and oxygen atoms in total. The molecule has 1 atom stereocenters. The molecule has 1 aliphatic rings. The number of rotatable bonds is 4. The summed E-state index contributed by atoms with van der Waals surface area (Å²) in [5.41, 5.74) is -1.15. The predicted octanol–water partition coefficient (Wildman–Crippen LogP) is 1.94. The Morgan fingerprint density at radius 3 is 2.60 bits per heavy atom. The van der Waals surface area contributed by atoms with Crippen LogP contribution in [0.15, 0.2) is 23.2 Å². The lowest BCUT2D eigenvalue weighted by molar-refractivity contribution is -0.138. The zero-order valence-electron chi connectivity index (χ0n) is 13.5. The third-order valence-electron chi connectivity index (χ3n) is 3.93. The van der Waals surface area contributed by atoms with Crippen molar-refractivity contribution in [3.8, 4) is 0 Å². The van der Waals surface area contributed by atoms with E-state index in [0.29, 0.717) is 19.0 Å². The molecular formula is C15H19F4N3O2S. The first-order chi connectivity index (χ1) is 11.6. The lowest BCUT2D eigenvalue weighted by Crippen LogP contribution is -2.39. The molecule has 1 aromatic rings. The van der Waals surface area contributed by atoms with Crippen LogP contribution in [0.25, 0.3) is 0 Å². The molecule has 0 radical (unpaired) electrons. The second-order valence-electron chi connectivity index (χ2n) is 5.87. The van der Waals surface area contributed by atoms with E-state index in [1.54, 1.807) is 0 Å². The van der Waals surface area contributed by atoms with E-state index in [4.69, 9.17) is 0 Å². The number of benzene rings is 1. The molecule has 0 aliphatic carbocycles. The highest BCUT2D eigenvalue weighted by Gasteiger charge is 2.33. The second-order valence-corrected chi connectivity index (χ2v) is 8.10. The molecule has 1 saturated heterocycles. The van der Waals surface area contributed by atoms with Crippen LogP contribution in [-0.4, -0.2) is 39.5 Å². The van der Waals surface area contributed by atoms with Crippen molar-refractivity contribution in [2.24, 2.45) is 10.9 Å². The Morgan fingerprint density at radius 2 is 2.04 bits per heavy atom. The van der Waals surface area contributed by atoms with Crippen LogP contribution in [-0.2, 0) is 22.6 Å². The lowest BCUT2D eigenvalue weighted by Gasteiger charge is -2.17. The fourth-order valence-corrected chi connectivity index (χ4v) is 4.50. The molecule has 1 fully saturated rings. The number of alkyl halides is 3. The van der Waals surface area contributed by atoms with Crippen LogP contribution in [0.5, 0.6) is 0 Å². The smallest absolute Gasteiger partial charge is 0.356 e. The Bertz CT molecular complexity index is 748. The van der Waals surface area contributed by atoms with E-state index in [9.17, 15) is 26.0 Å². The molecule has 0 amide bonds. The van der Waals surface area contributed by atoms with Gasteiger partial charge in [0.15, 0.2) is 15.8 Å². The van der Waals surface area contributed by atoms with Crippen LogP contribution in [0, 0.1) is 11.7 Å². The van der Waals surface area contributed by atoms with Crippen molar-refractivity contribution >= 4 is 15.8 Å². The van der Waals surface area contributed by atoms with Crippen molar-refractivity contribution in [2.75, 3.05) is 25.1 Å². The van der Waals surface area contributed by atoms with Gasteiger partial charge in [0.2, 0.25) is 0 Å². The normalized spacial score (nSPS) is 20.5. The summed E-state index contributed by atoms with van der Waals surface area (Å²) in [5.74, 6) is -0.522. The third-order valence-corrected chi connectivity index (χ3v) is 5.77. The highest BCUT2D eigenvalue weighted by atomic mass is 32.2. The molecule has 1 aliphatic heterocycles. The maximum atomic E-state index is 13.1. The first kappa shape index (κ1) is 19.5. The van der Waals surface area contributed by atoms with Crippen LogP contribution in [0.1, 0.15) is 17.5 Å². The molecule has 1 heterocycles. The van der Waals surface area contributed by atoms with Gasteiger partial charge in [-0.05, 0) is 30.0 Å². The minimum atomic E-state index is -4.66. The van der Waals surface area contributed by atoms with Gasteiger partial charge in [-0.15, -0.1) is 0 Å². The van der Waals surface area contributed by atoms with Crippen molar-refractivity contribution < 1.29 is 26.0 Å². The Hall–Kier alpha value is -1.84. The van der Waals surface area contributed by atoms with E-state index in [0.717, 1.165) is 12.1 Å². The summed E-state index contributed by atoms with van der Waals surface area (Å²) >= 11 is 0. The maximum Gasteiger partial charge on any atom is 0.416 e. The number of nitrogens with one attached hydrogen (secondary N) is 2. The summed E-state index contributed by atoms with van der Waals surface area (Å²) in [4.78, 5) is 3.90. The largest absolute Gasteiger partial charge is 0.416 e. The Kier molecular flexibility index (Phi) is 5.91. The summed E-state index contributed by atoms with van der Waals surface area (Å²) < 4.78 is 74.8. The van der Waals surface area contributed by atoms with Crippen LogP contribution in [0.2, 0.25) is 0 Å². The van der Waals surface area contributed by atoms with Gasteiger partial charge in [0.05, 0.1) is 17.1 Å². The minimum Gasteiger partial charge on any atom is -0.356 e. The van der Waals surface area contributed by atoms with E-state index >= 15 is 0 Å². The number of sulfone groups is 1. The molecule has 2 rings (SSSR count). The summed E-state index contributed by atoms with van der Waals surface area (Å²) in [6.45, 7) is 0.159. The topological polar surface area (TPSA) is 70.6 Å². The third kappa shape index (κ3) is 5.58. The molecule has 0 spiro atoms. The van der Waals surface area contributed by atoms with Gasteiger partial charge in [0.1, 0.15) is 5.82 Å². The number of halogens is 4. The van der Waals surface area contributed by atoms with Crippen molar-refractivity contribution in [1.82, 2.24) is 10.6 Å². The quantitative estimate of drug-likeness (QED) is 0.475. The van der Waals surface area contributed by atoms with Crippen LogP contribution < -0.4 is 10.6 Å². The molecule has 1 aromatic carbocycles. The average molecular weight is 381 g/mol. The molecular weight excluding hydrogens is 362 g/mol. The Labute approximate surface area is 143 Å². The molecule has 0 saturated carbocycles. The molecule has 25 heavy (non-hydrogen) atoms. The Morgan fingerprint density at radius 1 is 1.32 bits per heavy atom. The molecule has 0 aromatic heterocycles. The van der Waals surface area contributed by atoms with Crippen LogP contribution in [0.3, 0.4) is 0 Å². The van der Waals surface area contributed by atoms with Gasteiger partial charge in [-0.3, -0.25) is 4.99 Å². The van der Waals surface area contributed by atoms with Crippen molar-refractivity contribution in [3.05, 3.63) is 35.1 Å². The molecule has 1 unspecified atom stereocenters. The fraction of sp³-hybridized carbons (Fsp3) is 0.533. The van der Waals surface area contributed by atoms with E-state index in [-0.39, 0.29) is 35.5 Å². The summed E-state index contributed by atoms with van der Waals surface area (Å²) in [6.07, 6.45) is -4.11.